The topological polar surface area (TPSA) is 82.1 Å². The number of cyclic esters (lactones) is 1. The van der Waals surface area contributed by atoms with E-state index in [1.54, 1.807) is 18.2 Å². The quantitative estimate of drug-likeness (QED) is 0.791. The van der Waals surface area contributed by atoms with E-state index in [2.05, 4.69) is 0 Å². The van der Waals surface area contributed by atoms with Gasteiger partial charge < -0.3 is 19.3 Å². The number of aliphatic carboxylic acids is 1. The first-order valence-corrected chi connectivity index (χ1v) is 5.47. The molecule has 2 heterocycles. The molecule has 18 heavy (non-hydrogen) atoms. The van der Waals surface area contributed by atoms with E-state index >= 15 is 0 Å². The van der Waals surface area contributed by atoms with Crippen LogP contribution in [0.1, 0.15) is 18.1 Å². The molecule has 1 N–H and O–H groups in total. The van der Waals surface area contributed by atoms with E-state index in [1.807, 2.05) is 0 Å². The van der Waals surface area contributed by atoms with E-state index in [0.717, 1.165) is 0 Å². The third-order valence-electron chi connectivity index (χ3n) is 3.05. The highest BCUT2D eigenvalue weighted by molar-refractivity contribution is 5.82. The van der Waals surface area contributed by atoms with Gasteiger partial charge in [0.1, 0.15) is 12.0 Å². The molecular weight excluding hydrogens is 240 g/mol. The molecule has 3 rings (SSSR count). The number of carboxylic acids is 1. The van der Waals surface area contributed by atoms with Crippen molar-refractivity contribution in [3.05, 3.63) is 23.8 Å². The zero-order valence-corrected chi connectivity index (χ0v) is 9.29. The van der Waals surface area contributed by atoms with E-state index in [1.165, 1.54) is 0 Å². The molecule has 2 aliphatic rings. The SMILES string of the molecule is O=C1C[C@H](C(=O)O)[C@@H](c2ccc3c(c2)OCO3)O1. The van der Waals surface area contributed by atoms with Crippen LogP contribution in [-0.2, 0) is 14.3 Å². The monoisotopic (exact) mass is 250 g/mol. The number of hydrogen-bond donors (Lipinski definition) is 1. The molecule has 0 aliphatic carbocycles. The molecule has 0 unspecified atom stereocenters. The average Bonchev–Trinajstić information content (AvgIpc) is 2.93. The number of benzene rings is 1. The van der Waals surface area contributed by atoms with Crippen LogP contribution < -0.4 is 9.47 Å². The Morgan fingerprint density at radius 2 is 2.06 bits per heavy atom. The summed E-state index contributed by atoms with van der Waals surface area (Å²) in [5.74, 6) is -1.24. The standard InChI is InChI=1S/C12H10O6/c13-10-4-7(12(14)15)11(18-10)6-1-2-8-9(3-6)17-5-16-8/h1-3,7,11H,4-5H2,(H,14,15)/t7-,11+/m0/s1. The van der Waals surface area contributed by atoms with Gasteiger partial charge in [-0.1, -0.05) is 6.07 Å². The average molecular weight is 250 g/mol. The van der Waals surface area contributed by atoms with E-state index in [0.29, 0.717) is 17.1 Å². The van der Waals surface area contributed by atoms with Crippen LogP contribution in [0.3, 0.4) is 0 Å². The first-order valence-electron chi connectivity index (χ1n) is 5.47. The van der Waals surface area contributed by atoms with Crippen LogP contribution in [0.25, 0.3) is 0 Å². The fourth-order valence-corrected chi connectivity index (χ4v) is 2.17. The number of rotatable bonds is 2. The van der Waals surface area contributed by atoms with Gasteiger partial charge in [0.25, 0.3) is 0 Å². The Hall–Kier alpha value is -2.24. The molecule has 94 valence electrons. The van der Waals surface area contributed by atoms with Gasteiger partial charge in [-0.15, -0.1) is 0 Å². The van der Waals surface area contributed by atoms with Gasteiger partial charge in [-0.2, -0.15) is 0 Å². The maximum atomic E-state index is 11.2. The summed E-state index contributed by atoms with van der Waals surface area (Å²) in [7, 11) is 0. The van der Waals surface area contributed by atoms with Crippen LogP contribution in [0.5, 0.6) is 11.5 Å². The van der Waals surface area contributed by atoms with E-state index < -0.39 is 24.0 Å². The third kappa shape index (κ3) is 1.66. The molecule has 6 nitrogen and oxygen atoms in total. The normalized spacial score (nSPS) is 25.0. The second kappa shape index (κ2) is 3.90. The van der Waals surface area contributed by atoms with E-state index in [-0.39, 0.29) is 13.2 Å². The molecule has 1 saturated heterocycles. The first-order chi connectivity index (χ1) is 8.65. The van der Waals surface area contributed by atoms with Crippen LogP contribution in [0.15, 0.2) is 18.2 Å². The van der Waals surface area contributed by atoms with Gasteiger partial charge in [0.2, 0.25) is 6.79 Å². The second-order valence-electron chi connectivity index (χ2n) is 4.17. The smallest absolute Gasteiger partial charge is 0.311 e. The minimum atomic E-state index is -1.04. The lowest BCUT2D eigenvalue weighted by Gasteiger charge is -2.14. The second-order valence-corrected chi connectivity index (χ2v) is 4.17. The van der Waals surface area contributed by atoms with Gasteiger partial charge in [0, 0.05) is 0 Å². The van der Waals surface area contributed by atoms with Crippen molar-refractivity contribution in [3.8, 4) is 11.5 Å². The molecular formula is C12H10O6. The van der Waals surface area contributed by atoms with Crippen molar-refractivity contribution in [2.45, 2.75) is 12.5 Å². The van der Waals surface area contributed by atoms with Gasteiger partial charge in [-0.3, -0.25) is 9.59 Å². The molecule has 0 spiro atoms. The molecule has 0 saturated carbocycles. The zero-order valence-electron chi connectivity index (χ0n) is 9.29. The van der Waals surface area contributed by atoms with Crippen LogP contribution >= 0.6 is 0 Å². The summed E-state index contributed by atoms with van der Waals surface area (Å²) >= 11 is 0. The maximum Gasteiger partial charge on any atom is 0.311 e. The number of carbonyl (C=O) groups is 2. The zero-order chi connectivity index (χ0) is 12.7. The molecule has 1 fully saturated rings. The van der Waals surface area contributed by atoms with E-state index in [4.69, 9.17) is 19.3 Å². The molecule has 6 heteroatoms. The Morgan fingerprint density at radius 1 is 1.28 bits per heavy atom. The van der Waals surface area contributed by atoms with Gasteiger partial charge in [-0.05, 0) is 17.7 Å². The molecule has 1 aromatic rings. The van der Waals surface area contributed by atoms with Crippen molar-refractivity contribution < 1.29 is 28.9 Å². The summed E-state index contributed by atoms with van der Waals surface area (Å²) in [5.41, 5.74) is 0.609. The van der Waals surface area contributed by atoms with Gasteiger partial charge >= 0.3 is 11.9 Å². The summed E-state index contributed by atoms with van der Waals surface area (Å²) < 4.78 is 15.4. The van der Waals surface area contributed by atoms with Gasteiger partial charge in [0.15, 0.2) is 11.5 Å². The number of esters is 1. The molecule has 0 aromatic heterocycles. The summed E-state index contributed by atoms with van der Waals surface area (Å²) in [6.45, 7) is 0.144. The number of carbonyl (C=O) groups excluding carboxylic acids is 1. The Kier molecular flexibility index (Phi) is 2.36. The minimum Gasteiger partial charge on any atom is -0.481 e. The van der Waals surface area contributed by atoms with Crippen LogP contribution in [0.4, 0.5) is 0 Å². The molecule has 2 aliphatic heterocycles. The summed E-state index contributed by atoms with van der Waals surface area (Å²) in [5, 5.41) is 9.07. The first kappa shape index (κ1) is 10.9. The number of hydrogen-bond acceptors (Lipinski definition) is 5. The summed E-state index contributed by atoms with van der Waals surface area (Å²) in [4.78, 5) is 22.3. The number of ether oxygens (including phenoxy) is 3. The highest BCUT2D eigenvalue weighted by atomic mass is 16.7. The third-order valence-corrected chi connectivity index (χ3v) is 3.05. The highest BCUT2D eigenvalue weighted by Gasteiger charge is 2.41. The van der Waals surface area contributed by atoms with E-state index in [9.17, 15) is 9.59 Å². The minimum absolute atomic E-state index is 0.103. The fraction of sp³-hybridized carbons (Fsp3) is 0.333. The maximum absolute atomic E-state index is 11.2. The Bertz CT molecular complexity index is 523. The van der Waals surface area contributed by atoms with Crippen molar-refractivity contribution >= 4 is 11.9 Å². The Balaban J connectivity index is 1.94. The highest BCUT2D eigenvalue weighted by Crippen LogP contribution is 2.40. The van der Waals surface area contributed by atoms with Crippen LogP contribution in [0.2, 0.25) is 0 Å². The van der Waals surface area contributed by atoms with Crippen LogP contribution in [0, 0.1) is 5.92 Å². The molecule has 1 aromatic carbocycles. The summed E-state index contributed by atoms with van der Waals surface area (Å²) in [6, 6.07) is 5.02. The molecule has 2 atom stereocenters. The van der Waals surface area contributed by atoms with Crippen molar-refractivity contribution in [1.82, 2.24) is 0 Å². The lowest BCUT2D eigenvalue weighted by atomic mass is 9.95. The lowest BCUT2D eigenvalue weighted by molar-refractivity contribution is -0.144. The van der Waals surface area contributed by atoms with Crippen LogP contribution in [-0.4, -0.2) is 23.8 Å². The molecule has 0 radical (unpaired) electrons. The Labute approximate surface area is 102 Å². The largest absolute Gasteiger partial charge is 0.481 e. The van der Waals surface area contributed by atoms with Gasteiger partial charge in [-0.25, -0.2) is 0 Å². The predicted octanol–water partition coefficient (Wildman–Crippen LogP) is 1.10. The fourth-order valence-electron chi connectivity index (χ4n) is 2.17. The van der Waals surface area contributed by atoms with Crippen molar-refractivity contribution in [2.24, 2.45) is 5.92 Å². The van der Waals surface area contributed by atoms with Crippen molar-refractivity contribution in [1.29, 1.82) is 0 Å². The summed E-state index contributed by atoms with van der Waals surface area (Å²) in [6.07, 6.45) is -0.862. The van der Waals surface area contributed by atoms with Crippen molar-refractivity contribution in [2.75, 3.05) is 6.79 Å². The Morgan fingerprint density at radius 3 is 2.83 bits per heavy atom. The molecule has 0 bridgehead atoms. The lowest BCUT2D eigenvalue weighted by Crippen LogP contribution is -2.17. The van der Waals surface area contributed by atoms with Crippen molar-refractivity contribution in [3.63, 3.8) is 0 Å². The number of carboxylic acid groups (broad SMARTS) is 1. The van der Waals surface area contributed by atoms with Gasteiger partial charge in [0.05, 0.1) is 6.42 Å². The number of fused-ring (bicyclic) bond motifs is 1. The molecule has 0 amide bonds. The predicted molar refractivity (Wildman–Crippen MR) is 57.1 cm³/mol.